The lowest BCUT2D eigenvalue weighted by molar-refractivity contribution is -0.160. The molecule has 5 nitrogen and oxygen atoms in total. The van der Waals surface area contributed by atoms with Crippen LogP contribution in [0.4, 0.5) is 0 Å². The summed E-state index contributed by atoms with van der Waals surface area (Å²) in [6, 6.07) is 7.36. The van der Waals surface area contributed by atoms with Gasteiger partial charge in [0.05, 0.1) is 0 Å². The lowest BCUT2D eigenvalue weighted by Gasteiger charge is -2.30. The molecule has 2 heterocycles. The summed E-state index contributed by atoms with van der Waals surface area (Å²) >= 11 is 0. The predicted molar refractivity (Wildman–Crippen MR) is 82.2 cm³/mol. The van der Waals surface area contributed by atoms with Crippen molar-refractivity contribution in [2.24, 2.45) is 0 Å². The van der Waals surface area contributed by atoms with Gasteiger partial charge in [-0.3, -0.25) is 4.90 Å². The zero-order valence-electron chi connectivity index (χ0n) is 13.0. The molecule has 0 unspecified atom stereocenters. The number of fused-ring (bicyclic) bond motifs is 1. The molecule has 1 fully saturated rings. The van der Waals surface area contributed by atoms with Crippen molar-refractivity contribution in [2.75, 3.05) is 26.2 Å². The van der Waals surface area contributed by atoms with Crippen LogP contribution in [0.25, 0.3) is 0 Å². The number of nitrogens with zero attached hydrogens (tertiary/aromatic N) is 1. The molecule has 0 radical (unpaired) electrons. The zero-order valence-corrected chi connectivity index (χ0v) is 13.0. The molecule has 0 N–H and O–H groups in total. The summed E-state index contributed by atoms with van der Waals surface area (Å²) < 4.78 is 16.7. The second kappa shape index (κ2) is 7.01. The van der Waals surface area contributed by atoms with Crippen molar-refractivity contribution in [3.05, 3.63) is 24.3 Å². The predicted octanol–water partition coefficient (Wildman–Crippen LogP) is 2.24. The summed E-state index contributed by atoms with van der Waals surface area (Å²) in [5.41, 5.74) is 0. The fourth-order valence-electron chi connectivity index (χ4n) is 2.95. The molecule has 22 heavy (non-hydrogen) atoms. The van der Waals surface area contributed by atoms with Gasteiger partial charge in [-0.1, -0.05) is 18.6 Å². The molecule has 0 amide bonds. The Morgan fingerprint density at radius 3 is 2.77 bits per heavy atom. The molecule has 0 saturated carbocycles. The minimum atomic E-state index is -0.682. The average molecular weight is 305 g/mol. The number of benzene rings is 1. The number of likely N-dealkylation sites (tertiary alicyclic amines) is 1. The van der Waals surface area contributed by atoms with E-state index in [1.165, 1.54) is 19.3 Å². The van der Waals surface area contributed by atoms with Crippen LogP contribution in [0.1, 0.15) is 26.2 Å². The molecule has 1 aromatic carbocycles. The van der Waals surface area contributed by atoms with Crippen molar-refractivity contribution in [3.63, 3.8) is 0 Å². The maximum atomic E-state index is 12.2. The molecule has 1 saturated heterocycles. The van der Waals surface area contributed by atoms with Crippen molar-refractivity contribution in [3.8, 4) is 11.5 Å². The SMILES string of the molecule is C[C@H](CN1CCCCC1)OC(=O)[C@H]1COc2ccccc2O1. The molecule has 2 aliphatic rings. The minimum Gasteiger partial charge on any atom is -0.485 e. The summed E-state index contributed by atoms with van der Waals surface area (Å²) in [5.74, 6) is 0.923. The summed E-state index contributed by atoms with van der Waals surface area (Å²) in [6.07, 6.45) is 2.95. The van der Waals surface area contributed by atoms with Crippen LogP contribution in [-0.2, 0) is 9.53 Å². The van der Waals surface area contributed by atoms with Crippen LogP contribution >= 0.6 is 0 Å². The van der Waals surface area contributed by atoms with Crippen LogP contribution in [-0.4, -0.2) is 49.3 Å². The molecule has 2 atom stereocenters. The molecule has 120 valence electrons. The van der Waals surface area contributed by atoms with E-state index in [9.17, 15) is 4.79 Å². The standard InChI is InChI=1S/C17H23NO4/c1-13(11-18-9-5-2-6-10-18)21-17(19)16-12-20-14-7-3-4-8-15(14)22-16/h3-4,7-8,13,16H,2,5-6,9-12H2,1H3/t13-,16-/m1/s1. The molecular weight excluding hydrogens is 282 g/mol. The first-order valence-corrected chi connectivity index (χ1v) is 8.04. The van der Waals surface area contributed by atoms with Crippen LogP contribution in [0.15, 0.2) is 24.3 Å². The normalized spacial score (nSPS) is 22.9. The van der Waals surface area contributed by atoms with Gasteiger partial charge in [0.2, 0.25) is 6.10 Å². The lowest BCUT2D eigenvalue weighted by atomic mass is 10.1. The van der Waals surface area contributed by atoms with E-state index in [0.717, 1.165) is 19.6 Å². The van der Waals surface area contributed by atoms with E-state index in [4.69, 9.17) is 14.2 Å². The zero-order chi connectivity index (χ0) is 15.4. The third-order valence-electron chi connectivity index (χ3n) is 4.05. The quantitative estimate of drug-likeness (QED) is 0.799. The number of rotatable bonds is 4. The van der Waals surface area contributed by atoms with E-state index in [-0.39, 0.29) is 18.7 Å². The first-order chi connectivity index (χ1) is 10.7. The Kier molecular flexibility index (Phi) is 4.83. The van der Waals surface area contributed by atoms with Gasteiger partial charge in [-0.05, 0) is 45.0 Å². The van der Waals surface area contributed by atoms with Crippen molar-refractivity contribution >= 4 is 5.97 Å². The second-order valence-corrected chi connectivity index (χ2v) is 5.97. The number of ether oxygens (including phenoxy) is 3. The lowest BCUT2D eigenvalue weighted by Crippen LogP contribution is -2.42. The number of hydrogen-bond acceptors (Lipinski definition) is 5. The van der Waals surface area contributed by atoms with E-state index in [2.05, 4.69) is 4.90 Å². The highest BCUT2D eigenvalue weighted by molar-refractivity contribution is 5.76. The number of piperidine rings is 1. The van der Waals surface area contributed by atoms with Crippen molar-refractivity contribution < 1.29 is 19.0 Å². The Bertz CT molecular complexity index is 513. The van der Waals surface area contributed by atoms with E-state index in [1.807, 2.05) is 25.1 Å². The Labute approximate surface area is 131 Å². The third kappa shape index (κ3) is 3.71. The first kappa shape index (κ1) is 15.2. The number of para-hydroxylation sites is 2. The molecule has 0 spiro atoms. The van der Waals surface area contributed by atoms with E-state index < -0.39 is 6.10 Å². The average Bonchev–Trinajstić information content (AvgIpc) is 2.55. The number of carbonyl (C=O) groups is 1. The first-order valence-electron chi connectivity index (χ1n) is 8.04. The van der Waals surface area contributed by atoms with Gasteiger partial charge in [0.1, 0.15) is 12.7 Å². The third-order valence-corrected chi connectivity index (χ3v) is 4.05. The topological polar surface area (TPSA) is 48.0 Å². The van der Waals surface area contributed by atoms with Gasteiger partial charge >= 0.3 is 5.97 Å². The van der Waals surface area contributed by atoms with Crippen LogP contribution in [0, 0.1) is 0 Å². The Morgan fingerprint density at radius 1 is 1.27 bits per heavy atom. The van der Waals surface area contributed by atoms with Gasteiger partial charge in [0.15, 0.2) is 11.5 Å². The highest BCUT2D eigenvalue weighted by Gasteiger charge is 2.30. The largest absolute Gasteiger partial charge is 0.485 e. The summed E-state index contributed by atoms with van der Waals surface area (Å²) in [7, 11) is 0. The van der Waals surface area contributed by atoms with E-state index >= 15 is 0 Å². The molecule has 2 aliphatic heterocycles. The molecule has 0 aromatic heterocycles. The van der Waals surface area contributed by atoms with Gasteiger partial charge in [-0.2, -0.15) is 0 Å². The number of carbonyl (C=O) groups excluding carboxylic acids is 1. The van der Waals surface area contributed by atoms with Gasteiger partial charge in [-0.15, -0.1) is 0 Å². The van der Waals surface area contributed by atoms with Crippen molar-refractivity contribution in [1.29, 1.82) is 0 Å². The van der Waals surface area contributed by atoms with Crippen LogP contribution in [0.3, 0.4) is 0 Å². The van der Waals surface area contributed by atoms with Crippen LogP contribution < -0.4 is 9.47 Å². The van der Waals surface area contributed by atoms with Gasteiger partial charge in [0.25, 0.3) is 0 Å². The Morgan fingerprint density at radius 2 is 2.00 bits per heavy atom. The van der Waals surface area contributed by atoms with E-state index in [0.29, 0.717) is 11.5 Å². The Balaban J connectivity index is 1.49. The minimum absolute atomic E-state index is 0.133. The van der Waals surface area contributed by atoms with Crippen LogP contribution in [0.5, 0.6) is 11.5 Å². The van der Waals surface area contributed by atoms with Gasteiger partial charge in [-0.25, -0.2) is 4.79 Å². The molecule has 1 aromatic rings. The summed E-state index contributed by atoms with van der Waals surface area (Å²) in [4.78, 5) is 14.6. The van der Waals surface area contributed by atoms with E-state index in [1.54, 1.807) is 6.07 Å². The van der Waals surface area contributed by atoms with Gasteiger partial charge < -0.3 is 14.2 Å². The molecular formula is C17H23NO4. The highest BCUT2D eigenvalue weighted by atomic mass is 16.6. The highest BCUT2D eigenvalue weighted by Crippen LogP contribution is 2.31. The smallest absolute Gasteiger partial charge is 0.351 e. The molecule has 5 heteroatoms. The fraction of sp³-hybridized carbons (Fsp3) is 0.588. The molecule has 0 bridgehead atoms. The second-order valence-electron chi connectivity index (χ2n) is 5.97. The molecule has 3 rings (SSSR count). The fourth-order valence-corrected chi connectivity index (χ4v) is 2.95. The maximum absolute atomic E-state index is 12.2. The monoisotopic (exact) mass is 305 g/mol. The van der Waals surface area contributed by atoms with Gasteiger partial charge in [0, 0.05) is 6.54 Å². The number of hydrogen-bond donors (Lipinski definition) is 0. The van der Waals surface area contributed by atoms with Crippen molar-refractivity contribution in [2.45, 2.75) is 38.4 Å². The number of esters is 1. The summed E-state index contributed by atoms with van der Waals surface area (Å²) in [5, 5.41) is 0. The van der Waals surface area contributed by atoms with Crippen molar-refractivity contribution in [1.82, 2.24) is 4.90 Å². The summed E-state index contributed by atoms with van der Waals surface area (Å²) in [6.45, 7) is 5.11. The maximum Gasteiger partial charge on any atom is 0.351 e. The van der Waals surface area contributed by atoms with Crippen LogP contribution in [0.2, 0.25) is 0 Å². The molecule has 0 aliphatic carbocycles. The Hall–Kier alpha value is -1.75.